The molecule has 10 heteroatoms. The fourth-order valence-corrected chi connectivity index (χ4v) is 5.03. The minimum atomic E-state index is -0.300. The van der Waals surface area contributed by atoms with Crippen molar-refractivity contribution in [2.75, 3.05) is 23.3 Å². The number of thiazole rings is 1. The van der Waals surface area contributed by atoms with Gasteiger partial charge in [-0.1, -0.05) is 17.4 Å². The van der Waals surface area contributed by atoms with Gasteiger partial charge in [0.1, 0.15) is 17.6 Å². The molecule has 1 aliphatic heterocycles. The molecular weight excluding hydrogens is 452 g/mol. The Morgan fingerprint density at radius 1 is 1.24 bits per heavy atom. The van der Waals surface area contributed by atoms with E-state index >= 15 is 0 Å². The number of anilines is 2. The molecule has 1 fully saturated rings. The number of benzene rings is 1. The second-order valence-corrected chi connectivity index (χ2v) is 10.1. The number of carbonyl (C=O) groups is 2. The van der Waals surface area contributed by atoms with Gasteiger partial charge in [-0.25, -0.2) is 4.98 Å². The van der Waals surface area contributed by atoms with E-state index in [1.54, 1.807) is 0 Å². The second kappa shape index (κ2) is 9.92. The van der Waals surface area contributed by atoms with E-state index in [0.717, 1.165) is 30.5 Å². The molecule has 0 radical (unpaired) electrons. The molecule has 180 valence electrons. The van der Waals surface area contributed by atoms with E-state index in [0.29, 0.717) is 27.7 Å². The van der Waals surface area contributed by atoms with Crippen molar-refractivity contribution in [3.05, 3.63) is 46.0 Å². The van der Waals surface area contributed by atoms with Gasteiger partial charge in [0.25, 0.3) is 5.56 Å². The summed E-state index contributed by atoms with van der Waals surface area (Å²) in [6, 6.07) is 5.79. The monoisotopic (exact) mass is 482 g/mol. The van der Waals surface area contributed by atoms with Crippen molar-refractivity contribution >= 4 is 44.3 Å². The summed E-state index contributed by atoms with van der Waals surface area (Å²) >= 11 is 1.26. The Labute approximate surface area is 202 Å². The van der Waals surface area contributed by atoms with Gasteiger partial charge in [0.2, 0.25) is 11.8 Å². The fourth-order valence-electron chi connectivity index (χ4n) is 4.02. The number of hydrogen-bond acceptors (Lipinski definition) is 7. The van der Waals surface area contributed by atoms with E-state index in [1.807, 2.05) is 45.9 Å². The van der Waals surface area contributed by atoms with Crippen LogP contribution in [0, 0.1) is 19.8 Å². The number of nitrogens with zero attached hydrogens (tertiary/aromatic N) is 4. The molecule has 1 aromatic carbocycles. The van der Waals surface area contributed by atoms with Gasteiger partial charge >= 0.3 is 0 Å². The van der Waals surface area contributed by atoms with Crippen molar-refractivity contribution in [3.8, 4) is 0 Å². The highest BCUT2D eigenvalue weighted by Gasteiger charge is 2.28. The Balaban J connectivity index is 1.49. The van der Waals surface area contributed by atoms with E-state index in [2.05, 4.69) is 25.5 Å². The Kier molecular flexibility index (Phi) is 6.97. The van der Waals surface area contributed by atoms with Crippen molar-refractivity contribution in [2.45, 2.75) is 53.1 Å². The predicted molar refractivity (Wildman–Crippen MR) is 134 cm³/mol. The van der Waals surface area contributed by atoms with Gasteiger partial charge < -0.3 is 15.5 Å². The van der Waals surface area contributed by atoms with Crippen LogP contribution in [0.15, 0.2) is 29.3 Å². The van der Waals surface area contributed by atoms with Crippen LogP contribution in [-0.4, -0.2) is 45.5 Å². The van der Waals surface area contributed by atoms with E-state index in [-0.39, 0.29) is 35.9 Å². The Morgan fingerprint density at radius 2 is 2.03 bits per heavy atom. The van der Waals surface area contributed by atoms with Crippen LogP contribution >= 0.6 is 11.3 Å². The summed E-state index contributed by atoms with van der Waals surface area (Å²) in [6.45, 7) is 9.09. The molecule has 2 amide bonds. The maximum atomic E-state index is 13.0. The van der Waals surface area contributed by atoms with Gasteiger partial charge in [0.05, 0.1) is 5.92 Å². The van der Waals surface area contributed by atoms with Crippen LogP contribution in [0.1, 0.15) is 37.8 Å². The molecule has 1 saturated heterocycles. The largest absolute Gasteiger partial charge is 0.354 e. The first-order chi connectivity index (χ1) is 16.2. The molecule has 9 nitrogen and oxygen atoms in total. The molecule has 4 rings (SSSR count). The molecular formula is C24H30N6O3S. The predicted octanol–water partition coefficient (Wildman–Crippen LogP) is 2.85. The van der Waals surface area contributed by atoms with Gasteiger partial charge in [-0.05, 0) is 63.8 Å². The lowest BCUT2D eigenvalue weighted by Crippen LogP contribution is -2.44. The number of amides is 2. The smallest absolute Gasteiger partial charge is 0.273 e. The topological polar surface area (TPSA) is 109 Å². The van der Waals surface area contributed by atoms with Crippen LogP contribution < -0.4 is 21.1 Å². The lowest BCUT2D eigenvalue weighted by Gasteiger charge is -2.32. The maximum Gasteiger partial charge on any atom is 0.273 e. The summed E-state index contributed by atoms with van der Waals surface area (Å²) in [7, 11) is 0. The first-order valence-electron chi connectivity index (χ1n) is 11.5. The van der Waals surface area contributed by atoms with Crippen molar-refractivity contribution in [2.24, 2.45) is 5.92 Å². The zero-order valence-corrected chi connectivity index (χ0v) is 20.7. The summed E-state index contributed by atoms with van der Waals surface area (Å²) in [5.41, 5.74) is 2.98. The van der Waals surface area contributed by atoms with Crippen LogP contribution in [0.4, 0.5) is 10.8 Å². The first-order valence-corrected chi connectivity index (χ1v) is 12.3. The number of aryl methyl sites for hydroxylation is 2. The lowest BCUT2D eigenvalue weighted by molar-refractivity contribution is -0.125. The van der Waals surface area contributed by atoms with E-state index in [4.69, 9.17) is 0 Å². The van der Waals surface area contributed by atoms with Gasteiger partial charge in [-0.3, -0.25) is 19.0 Å². The van der Waals surface area contributed by atoms with Crippen LogP contribution in [0.2, 0.25) is 0 Å². The number of carbonyl (C=O) groups excluding carboxylic acids is 2. The summed E-state index contributed by atoms with van der Waals surface area (Å²) in [5.74, 6) is -0.357. The minimum absolute atomic E-state index is 0.0519. The molecule has 1 atom stereocenters. The number of nitrogens with one attached hydrogen (secondary N) is 2. The lowest BCUT2D eigenvalue weighted by atomic mass is 9.97. The maximum absolute atomic E-state index is 13.0. The van der Waals surface area contributed by atoms with Crippen LogP contribution in [0.5, 0.6) is 0 Å². The number of rotatable bonds is 6. The molecule has 2 aromatic heterocycles. The minimum Gasteiger partial charge on any atom is -0.354 e. The second-order valence-electron chi connectivity index (χ2n) is 9.12. The van der Waals surface area contributed by atoms with Crippen LogP contribution in [0.3, 0.4) is 0 Å². The highest BCUT2D eigenvalue weighted by Crippen LogP contribution is 2.29. The molecule has 0 spiro atoms. The Hall–Kier alpha value is -3.27. The third kappa shape index (κ3) is 5.27. The van der Waals surface area contributed by atoms with Gasteiger partial charge in [0, 0.05) is 24.8 Å². The van der Waals surface area contributed by atoms with E-state index in [1.165, 1.54) is 22.2 Å². The summed E-state index contributed by atoms with van der Waals surface area (Å²) < 4.78 is 1.71. The van der Waals surface area contributed by atoms with Crippen molar-refractivity contribution in [3.63, 3.8) is 0 Å². The summed E-state index contributed by atoms with van der Waals surface area (Å²) in [4.78, 5) is 49.0. The highest BCUT2D eigenvalue weighted by atomic mass is 32.1. The molecule has 34 heavy (non-hydrogen) atoms. The van der Waals surface area contributed by atoms with Crippen molar-refractivity contribution in [1.29, 1.82) is 0 Å². The van der Waals surface area contributed by atoms with Crippen LogP contribution in [-0.2, 0) is 16.1 Å². The third-order valence-corrected chi connectivity index (χ3v) is 7.06. The number of fused-ring (bicyclic) bond motifs is 1. The average Bonchev–Trinajstić information content (AvgIpc) is 3.23. The molecule has 2 N–H and O–H groups in total. The van der Waals surface area contributed by atoms with Gasteiger partial charge in [-0.2, -0.15) is 4.98 Å². The van der Waals surface area contributed by atoms with Gasteiger partial charge in [0.15, 0.2) is 10.8 Å². The summed E-state index contributed by atoms with van der Waals surface area (Å²) in [6.07, 6.45) is 3.08. The molecule has 0 unspecified atom stereocenters. The standard InChI is InChI=1S/C24H30N6O3S/c1-14(2)26-22(32)17-6-5-9-29(11-17)24-28-21-20(34-24)23(33)30(13-25-21)12-19(31)27-18-8-7-15(3)16(4)10-18/h7-8,10,13-14,17H,5-6,9,11-12H2,1-4H3,(H,26,32)(H,27,31)/t17-/m0/s1. The Morgan fingerprint density at radius 3 is 2.76 bits per heavy atom. The van der Waals surface area contributed by atoms with Gasteiger partial charge in [-0.15, -0.1) is 0 Å². The zero-order chi connectivity index (χ0) is 24.4. The molecule has 3 aromatic rings. The normalized spacial score (nSPS) is 16.1. The quantitative estimate of drug-likeness (QED) is 0.559. The number of piperidine rings is 1. The SMILES string of the molecule is Cc1ccc(NC(=O)Cn2cnc3nc(N4CCC[C@H](C(=O)NC(C)C)C4)sc3c2=O)cc1C. The molecule has 0 aliphatic carbocycles. The molecule has 0 saturated carbocycles. The van der Waals surface area contributed by atoms with Crippen LogP contribution in [0.25, 0.3) is 10.3 Å². The van der Waals surface area contributed by atoms with Crippen molar-refractivity contribution in [1.82, 2.24) is 19.9 Å². The third-order valence-electron chi connectivity index (χ3n) is 5.97. The first kappa shape index (κ1) is 23.9. The van der Waals surface area contributed by atoms with E-state index in [9.17, 15) is 14.4 Å². The number of aromatic nitrogens is 3. The molecule has 0 bridgehead atoms. The zero-order valence-electron chi connectivity index (χ0n) is 19.9. The molecule has 3 heterocycles. The molecule has 1 aliphatic rings. The Bertz CT molecular complexity index is 1280. The summed E-state index contributed by atoms with van der Waals surface area (Å²) in [5, 5.41) is 6.50. The highest BCUT2D eigenvalue weighted by molar-refractivity contribution is 7.22. The van der Waals surface area contributed by atoms with Crippen molar-refractivity contribution < 1.29 is 9.59 Å². The average molecular weight is 483 g/mol. The number of hydrogen-bond donors (Lipinski definition) is 2. The van der Waals surface area contributed by atoms with E-state index < -0.39 is 0 Å². The fraction of sp³-hybridized carbons (Fsp3) is 0.458.